The minimum Gasteiger partial charge on any atom is -0.478 e. The van der Waals surface area contributed by atoms with Gasteiger partial charge < -0.3 is 14.9 Å². The molecule has 0 radical (unpaired) electrons. The van der Waals surface area contributed by atoms with Crippen molar-refractivity contribution in [2.24, 2.45) is 4.99 Å². The van der Waals surface area contributed by atoms with Gasteiger partial charge in [-0.25, -0.2) is 4.99 Å². The fourth-order valence-electron chi connectivity index (χ4n) is 2.82. The molecule has 4 heteroatoms. The summed E-state index contributed by atoms with van der Waals surface area (Å²) in [5.74, 6) is 0.652. The van der Waals surface area contributed by atoms with E-state index in [4.69, 9.17) is 4.74 Å². The van der Waals surface area contributed by atoms with Crippen LogP contribution in [0.1, 0.15) is 71.1 Å². The molecule has 0 aromatic carbocycles. The zero-order chi connectivity index (χ0) is 20.3. The van der Waals surface area contributed by atoms with Crippen LogP contribution in [-0.2, 0) is 4.74 Å². The largest absolute Gasteiger partial charge is 0.478 e. The number of aliphatic imine (C=N–C) groups is 1. The molecule has 0 fully saturated rings. The molecule has 1 rings (SSSR count). The first-order valence-corrected chi connectivity index (χ1v) is 10.8. The number of nitrogens with zero attached hydrogens (tertiary/aromatic N) is 1. The summed E-state index contributed by atoms with van der Waals surface area (Å²) in [4.78, 5) is 4.32. The van der Waals surface area contributed by atoms with Crippen LogP contribution in [0, 0.1) is 0 Å². The molecule has 4 nitrogen and oxygen atoms in total. The Balaban J connectivity index is 2.00. The van der Waals surface area contributed by atoms with Crippen molar-refractivity contribution in [3.8, 4) is 0 Å². The summed E-state index contributed by atoms with van der Waals surface area (Å²) in [6.07, 6.45) is 28.6. The van der Waals surface area contributed by atoms with Gasteiger partial charge in [-0.15, -0.1) is 0 Å². The molecule has 1 aliphatic rings. The fraction of sp³-hybridized carbons (Fsp3) is 0.625. The van der Waals surface area contributed by atoms with E-state index in [2.05, 4.69) is 60.5 Å². The van der Waals surface area contributed by atoms with E-state index < -0.39 is 5.54 Å². The molecule has 0 aliphatic carbocycles. The highest BCUT2D eigenvalue weighted by Gasteiger charge is 2.35. The van der Waals surface area contributed by atoms with E-state index >= 15 is 0 Å². The van der Waals surface area contributed by atoms with Gasteiger partial charge in [0.2, 0.25) is 0 Å². The second kappa shape index (κ2) is 16.3. The summed E-state index contributed by atoms with van der Waals surface area (Å²) in [6, 6.07) is 0. The lowest BCUT2D eigenvalue weighted by Gasteiger charge is -2.16. The van der Waals surface area contributed by atoms with Crippen molar-refractivity contribution in [1.82, 2.24) is 0 Å². The van der Waals surface area contributed by atoms with Gasteiger partial charge in [0.05, 0.1) is 13.2 Å². The third-order valence-electron chi connectivity index (χ3n) is 4.68. The first-order valence-electron chi connectivity index (χ1n) is 10.8. The lowest BCUT2D eigenvalue weighted by molar-refractivity contribution is 0.0972. The number of unbranched alkanes of at least 4 members (excludes halogenated alkanes) is 4. The Morgan fingerprint density at radius 2 is 1.36 bits per heavy atom. The second-order valence-corrected chi connectivity index (χ2v) is 7.32. The number of rotatable bonds is 16. The Bertz CT molecular complexity index is 528. The molecule has 1 aliphatic heterocycles. The van der Waals surface area contributed by atoms with Crippen LogP contribution in [0.5, 0.6) is 0 Å². The van der Waals surface area contributed by atoms with Crippen LogP contribution < -0.4 is 0 Å². The highest BCUT2D eigenvalue weighted by Crippen LogP contribution is 2.20. The monoisotopic (exact) mass is 389 g/mol. The normalized spacial score (nSPS) is 16.8. The van der Waals surface area contributed by atoms with Crippen molar-refractivity contribution in [3.05, 3.63) is 48.6 Å². The predicted octanol–water partition coefficient (Wildman–Crippen LogP) is 5.28. The maximum Gasteiger partial charge on any atom is 0.184 e. The maximum absolute atomic E-state index is 9.28. The van der Waals surface area contributed by atoms with E-state index in [9.17, 15) is 10.2 Å². The first kappa shape index (κ1) is 24.4. The third-order valence-corrected chi connectivity index (χ3v) is 4.68. The van der Waals surface area contributed by atoms with Crippen LogP contribution in [0.2, 0.25) is 0 Å². The number of aliphatic hydroxyl groups is 2. The SMILES string of the molecule is CCCCC/C=C\C/C=C\C/C=C\C/C=C\CCCC1=NC(CO)(CO)CO1. The van der Waals surface area contributed by atoms with E-state index in [1.807, 2.05) is 0 Å². The molecular formula is C24H39NO3. The average molecular weight is 390 g/mol. The number of allylic oxidation sites excluding steroid dienone is 8. The summed E-state index contributed by atoms with van der Waals surface area (Å²) in [5.41, 5.74) is -0.824. The van der Waals surface area contributed by atoms with Gasteiger partial charge in [-0.05, 0) is 44.9 Å². The van der Waals surface area contributed by atoms with Crippen LogP contribution >= 0.6 is 0 Å². The number of ether oxygens (including phenoxy) is 1. The average Bonchev–Trinajstić information content (AvgIpc) is 3.14. The van der Waals surface area contributed by atoms with Crippen LogP contribution in [0.3, 0.4) is 0 Å². The molecule has 0 unspecified atom stereocenters. The minimum atomic E-state index is -0.824. The van der Waals surface area contributed by atoms with Crippen molar-refractivity contribution in [2.45, 2.75) is 76.7 Å². The molecule has 28 heavy (non-hydrogen) atoms. The first-order chi connectivity index (χ1) is 13.8. The van der Waals surface area contributed by atoms with Crippen molar-refractivity contribution >= 4 is 5.90 Å². The third kappa shape index (κ3) is 11.3. The predicted molar refractivity (Wildman–Crippen MR) is 119 cm³/mol. The molecule has 0 aromatic rings. The Kier molecular flexibility index (Phi) is 14.2. The molecule has 0 spiro atoms. The highest BCUT2D eigenvalue weighted by molar-refractivity contribution is 5.78. The van der Waals surface area contributed by atoms with E-state index in [1.54, 1.807) is 0 Å². The molecule has 1 heterocycles. The molecule has 0 atom stereocenters. The maximum atomic E-state index is 9.28. The molecule has 2 N–H and O–H groups in total. The van der Waals surface area contributed by atoms with Gasteiger partial charge in [-0.2, -0.15) is 0 Å². The summed E-state index contributed by atoms with van der Waals surface area (Å²) in [7, 11) is 0. The summed E-state index contributed by atoms with van der Waals surface area (Å²) in [5, 5.41) is 18.6. The van der Waals surface area contributed by atoms with Gasteiger partial charge >= 0.3 is 0 Å². The molecule has 0 aromatic heterocycles. The van der Waals surface area contributed by atoms with Crippen molar-refractivity contribution in [1.29, 1.82) is 0 Å². The Morgan fingerprint density at radius 3 is 1.86 bits per heavy atom. The van der Waals surface area contributed by atoms with E-state index in [1.165, 1.54) is 25.7 Å². The summed E-state index contributed by atoms with van der Waals surface area (Å²) >= 11 is 0. The van der Waals surface area contributed by atoms with Gasteiger partial charge in [0, 0.05) is 6.42 Å². The zero-order valence-electron chi connectivity index (χ0n) is 17.6. The van der Waals surface area contributed by atoms with Crippen LogP contribution in [0.25, 0.3) is 0 Å². The van der Waals surface area contributed by atoms with Crippen LogP contribution in [-0.4, -0.2) is 41.5 Å². The van der Waals surface area contributed by atoms with E-state index in [0.29, 0.717) is 5.90 Å². The minimum absolute atomic E-state index is 0.176. The Labute approximate surface area is 171 Å². The van der Waals surface area contributed by atoms with E-state index in [-0.39, 0.29) is 19.8 Å². The number of hydrogen-bond acceptors (Lipinski definition) is 4. The molecule has 0 saturated carbocycles. The lowest BCUT2D eigenvalue weighted by Crippen LogP contribution is -2.37. The molecule has 158 valence electrons. The van der Waals surface area contributed by atoms with Crippen molar-refractivity contribution in [2.75, 3.05) is 19.8 Å². The molecule has 0 amide bonds. The van der Waals surface area contributed by atoms with Gasteiger partial charge in [-0.1, -0.05) is 68.4 Å². The Hall–Kier alpha value is -1.65. The standard InChI is InChI=1S/C24H39NO3/c1-2-3-4-5-6-7-8-9-10-11-12-13-14-15-16-17-18-19-23-25-24(20-26,21-27)22-28-23/h6-7,9-10,12-13,15-16,26-27H,2-5,8,11,14,17-22H2,1H3/b7-6-,10-9-,13-12-,16-15-. The number of aliphatic hydroxyl groups excluding tert-OH is 2. The zero-order valence-corrected chi connectivity index (χ0v) is 17.6. The van der Waals surface area contributed by atoms with Crippen LogP contribution in [0.15, 0.2) is 53.6 Å². The smallest absolute Gasteiger partial charge is 0.184 e. The topological polar surface area (TPSA) is 62.1 Å². The van der Waals surface area contributed by atoms with Gasteiger partial charge in [0.1, 0.15) is 12.1 Å². The summed E-state index contributed by atoms with van der Waals surface area (Å²) < 4.78 is 5.46. The highest BCUT2D eigenvalue weighted by atomic mass is 16.5. The molecule has 0 saturated heterocycles. The van der Waals surface area contributed by atoms with Crippen LogP contribution in [0.4, 0.5) is 0 Å². The number of hydrogen-bond donors (Lipinski definition) is 2. The quantitative estimate of drug-likeness (QED) is 0.279. The van der Waals surface area contributed by atoms with Crippen molar-refractivity contribution in [3.63, 3.8) is 0 Å². The second-order valence-electron chi connectivity index (χ2n) is 7.32. The molecule has 0 bridgehead atoms. The fourth-order valence-corrected chi connectivity index (χ4v) is 2.82. The summed E-state index contributed by atoms with van der Waals surface area (Å²) in [6.45, 7) is 2.16. The Morgan fingerprint density at radius 1 is 0.821 bits per heavy atom. The van der Waals surface area contributed by atoms with Gasteiger partial charge in [-0.3, -0.25) is 0 Å². The lowest BCUT2D eigenvalue weighted by atomic mass is 10.1. The van der Waals surface area contributed by atoms with Gasteiger partial charge in [0.25, 0.3) is 0 Å². The van der Waals surface area contributed by atoms with E-state index in [0.717, 1.165) is 38.5 Å². The van der Waals surface area contributed by atoms with Gasteiger partial charge in [0.15, 0.2) is 5.90 Å². The van der Waals surface area contributed by atoms with Crippen molar-refractivity contribution < 1.29 is 14.9 Å². The molecular weight excluding hydrogens is 350 g/mol.